The minimum atomic E-state index is -0.0696. The molecular formula is C15H21N3OS. The predicted octanol–water partition coefficient (Wildman–Crippen LogP) is 3.02. The van der Waals surface area contributed by atoms with Gasteiger partial charge in [-0.2, -0.15) is 0 Å². The van der Waals surface area contributed by atoms with Crippen LogP contribution in [0, 0.1) is 27.7 Å². The van der Waals surface area contributed by atoms with Gasteiger partial charge in [0.25, 0.3) is 0 Å². The summed E-state index contributed by atoms with van der Waals surface area (Å²) in [7, 11) is 1.69. The third-order valence-corrected chi connectivity index (χ3v) is 4.64. The van der Waals surface area contributed by atoms with Crippen LogP contribution in [0.5, 0.6) is 5.75 Å². The van der Waals surface area contributed by atoms with Crippen molar-refractivity contribution in [2.24, 2.45) is 5.73 Å². The number of pyridine rings is 1. The van der Waals surface area contributed by atoms with E-state index in [1.54, 1.807) is 18.4 Å². The molecule has 4 nitrogen and oxygen atoms in total. The van der Waals surface area contributed by atoms with Crippen LogP contribution < -0.4 is 10.5 Å². The first-order chi connectivity index (χ1) is 9.43. The number of nitrogens with zero attached hydrogens (tertiary/aromatic N) is 2. The normalized spacial score (nSPS) is 12.5. The SMILES string of the molecule is COc1c(C)cnc(CC(N)c2sc(C)nc2C)c1C. The van der Waals surface area contributed by atoms with E-state index in [0.29, 0.717) is 6.42 Å². The van der Waals surface area contributed by atoms with E-state index in [2.05, 4.69) is 9.97 Å². The number of rotatable bonds is 4. The minimum absolute atomic E-state index is 0.0696. The Hall–Kier alpha value is -1.46. The molecular weight excluding hydrogens is 270 g/mol. The van der Waals surface area contributed by atoms with E-state index in [-0.39, 0.29) is 6.04 Å². The number of thiazole rings is 1. The standard InChI is InChI=1S/C15H21N3OS/c1-8-7-17-13(9(2)14(8)19-5)6-12(16)15-10(3)18-11(4)20-15/h7,12H,6,16H2,1-5H3. The molecule has 0 fully saturated rings. The minimum Gasteiger partial charge on any atom is -0.496 e. The summed E-state index contributed by atoms with van der Waals surface area (Å²) in [5, 5.41) is 1.05. The van der Waals surface area contributed by atoms with E-state index in [0.717, 1.165) is 38.1 Å². The van der Waals surface area contributed by atoms with Gasteiger partial charge in [0.15, 0.2) is 0 Å². The fraction of sp³-hybridized carbons (Fsp3) is 0.467. The van der Waals surface area contributed by atoms with E-state index in [4.69, 9.17) is 10.5 Å². The van der Waals surface area contributed by atoms with Crippen molar-refractivity contribution in [2.45, 2.75) is 40.2 Å². The van der Waals surface area contributed by atoms with Crippen molar-refractivity contribution in [1.29, 1.82) is 0 Å². The monoisotopic (exact) mass is 291 g/mol. The highest BCUT2D eigenvalue weighted by molar-refractivity contribution is 7.11. The second-order valence-electron chi connectivity index (χ2n) is 5.04. The van der Waals surface area contributed by atoms with Gasteiger partial charge in [0.1, 0.15) is 5.75 Å². The van der Waals surface area contributed by atoms with Crippen LogP contribution in [0.1, 0.15) is 38.4 Å². The van der Waals surface area contributed by atoms with E-state index < -0.39 is 0 Å². The van der Waals surface area contributed by atoms with E-state index in [9.17, 15) is 0 Å². The topological polar surface area (TPSA) is 61.0 Å². The van der Waals surface area contributed by atoms with Gasteiger partial charge in [-0.3, -0.25) is 4.98 Å². The van der Waals surface area contributed by atoms with E-state index in [1.165, 1.54) is 0 Å². The summed E-state index contributed by atoms with van der Waals surface area (Å²) in [6.07, 6.45) is 2.55. The van der Waals surface area contributed by atoms with Gasteiger partial charge in [0.05, 0.1) is 17.8 Å². The fourth-order valence-corrected chi connectivity index (χ4v) is 3.40. The van der Waals surface area contributed by atoms with Crippen molar-refractivity contribution < 1.29 is 4.74 Å². The van der Waals surface area contributed by atoms with Gasteiger partial charge in [-0.25, -0.2) is 4.98 Å². The predicted molar refractivity (Wildman–Crippen MR) is 82.5 cm³/mol. The van der Waals surface area contributed by atoms with E-state index in [1.807, 2.05) is 33.9 Å². The summed E-state index contributed by atoms with van der Waals surface area (Å²) < 4.78 is 5.44. The van der Waals surface area contributed by atoms with E-state index >= 15 is 0 Å². The van der Waals surface area contributed by atoms with Crippen molar-refractivity contribution >= 4 is 11.3 Å². The van der Waals surface area contributed by atoms with Gasteiger partial charge in [-0.05, 0) is 27.7 Å². The molecule has 20 heavy (non-hydrogen) atoms. The molecule has 2 rings (SSSR count). The summed E-state index contributed by atoms with van der Waals surface area (Å²) in [5.41, 5.74) is 10.5. The quantitative estimate of drug-likeness (QED) is 0.940. The van der Waals surface area contributed by atoms with Crippen LogP contribution >= 0.6 is 11.3 Å². The molecule has 108 valence electrons. The average Bonchev–Trinajstić information content (AvgIpc) is 2.73. The lowest BCUT2D eigenvalue weighted by molar-refractivity contribution is 0.406. The Balaban J connectivity index is 2.28. The maximum absolute atomic E-state index is 6.33. The first kappa shape index (κ1) is 14.9. The first-order valence-corrected chi connectivity index (χ1v) is 7.44. The van der Waals surface area contributed by atoms with Crippen LogP contribution in [0.3, 0.4) is 0 Å². The van der Waals surface area contributed by atoms with Crippen molar-refractivity contribution in [1.82, 2.24) is 9.97 Å². The Labute approximate surface area is 124 Å². The molecule has 2 aromatic rings. The second kappa shape index (κ2) is 5.89. The summed E-state index contributed by atoms with van der Waals surface area (Å²) in [6.45, 7) is 8.05. The molecule has 1 unspecified atom stereocenters. The molecule has 1 atom stereocenters. The summed E-state index contributed by atoms with van der Waals surface area (Å²) >= 11 is 1.67. The van der Waals surface area contributed by atoms with Crippen molar-refractivity contribution in [2.75, 3.05) is 7.11 Å². The highest BCUT2D eigenvalue weighted by atomic mass is 32.1. The maximum atomic E-state index is 6.33. The summed E-state index contributed by atoms with van der Waals surface area (Å²) in [5.74, 6) is 0.902. The number of aryl methyl sites for hydroxylation is 3. The Kier molecular flexibility index (Phi) is 4.40. The zero-order chi connectivity index (χ0) is 14.9. The smallest absolute Gasteiger partial charge is 0.128 e. The summed E-state index contributed by atoms with van der Waals surface area (Å²) in [6, 6.07) is -0.0696. The largest absolute Gasteiger partial charge is 0.496 e. The van der Waals surface area contributed by atoms with Crippen LogP contribution in [-0.4, -0.2) is 17.1 Å². The molecule has 0 aliphatic heterocycles. The highest BCUT2D eigenvalue weighted by Gasteiger charge is 2.17. The third kappa shape index (κ3) is 2.83. The summed E-state index contributed by atoms with van der Waals surface area (Å²) in [4.78, 5) is 10.1. The van der Waals surface area contributed by atoms with Crippen molar-refractivity contribution in [3.63, 3.8) is 0 Å². The second-order valence-corrected chi connectivity index (χ2v) is 6.27. The molecule has 0 bridgehead atoms. The van der Waals surface area contributed by atoms with Gasteiger partial charge in [0, 0.05) is 40.4 Å². The van der Waals surface area contributed by atoms with Crippen LogP contribution in [0.25, 0.3) is 0 Å². The van der Waals surface area contributed by atoms with Gasteiger partial charge in [-0.15, -0.1) is 11.3 Å². The Morgan fingerprint density at radius 1 is 1.30 bits per heavy atom. The number of hydrogen-bond acceptors (Lipinski definition) is 5. The lowest BCUT2D eigenvalue weighted by Gasteiger charge is -2.15. The van der Waals surface area contributed by atoms with Gasteiger partial charge >= 0.3 is 0 Å². The first-order valence-electron chi connectivity index (χ1n) is 6.62. The molecule has 5 heteroatoms. The molecule has 0 aromatic carbocycles. The van der Waals surface area contributed by atoms with Gasteiger partial charge in [-0.1, -0.05) is 0 Å². The zero-order valence-electron chi connectivity index (χ0n) is 12.7. The average molecular weight is 291 g/mol. The van der Waals surface area contributed by atoms with Crippen molar-refractivity contribution in [3.05, 3.63) is 38.6 Å². The Morgan fingerprint density at radius 3 is 2.55 bits per heavy atom. The third-order valence-electron chi connectivity index (χ3n) is 3.44. The van der Waals surface area contributed by atoms with Crippen LogP contribution in [0.15, 0.2) is 6.20 Å². The zero-order valence-corrected chi connectivity index (χ0v) is 13.5. The number of aromatic nitrogens is 2. The fourth-order valence-electron chi connectivity index (χ4n) is 2.47. The molecule has 0 saturated carbocycles. The highest BCUT2D eigenvalue weighted by Crippen LogP contribution is 2.29. The molecule has 0 radical (unpaired) electrons. The lowest BCUT2D eigenvalue weighted by atomic mass is 10.0. The molecule has 0 aliphatic carbocycles. The van der Waals surface area contributed by atoms with Gasteiger partial charge in [0.2, 0.25) is 0 Å². The molecule has 2 heterocycles. The number of hydrogen-bond donors (Lipinski definition) is 1. The lowest BCUT2D eigenvalue weighted by Crippen LogP contribution is -2.15. The maximum Gasteiger partial charge on any atom is 0.128 e. The number of nitrogens with two attached hydrogens (primary N) is 1. The molecule has 0 amide bonds. The number of ether oxygens (including phenoxy) is 1. The Bertz CT molecular complexity index is 622. The van der Waals surface area contributed by atoms with Crippen LogP contribution in [0.4, 0.5) is 0 Å². The molecule has 0 saturated heterocycles. The van der Waals surface area contributed by atoms with Crippen LogP contribution in [0.2, 0.25) is 0 Å². The molecule has 2 N–H and O–H groups in total. The van der Waals surface area contributed by atoms with Crippen molar-refractivity contribution in [3.8, 4) is 5.75 Å². The van der Waals surface area contributed by atoms with Gasteiger partial charge < -0.3 is 10.5 Å². The molecule has 0 spiro atoms. The number of methoxy groups -OCH3 is 1. The molecule has 2 aromatic heterocycles. The molecule has 0 aliphatic rings. The Morgan fingerprint density at radius 2 is 2.00 bits per heavy atom. The van der Waals surface area contributed by atoms with Crippen LogP contribution in [-0.2, 0) is 6.42 Å².